The Morgan fingerprint density at radius 2 is 2.08 bits per heavy atom. The summed E-state index contributed by atoms with van der Waals surface area (Å²) in [4.78, 5) is 23.3. The number of nitrogens with one attached hydrogen (secondary N) is 1. The number of ether oxygens (including phenoxy) is 1. The summed E-state index contributed by atoms with van der Waals surface area (Å²) >= 11 is 0. The summed E-state index contributed by atoms with van der Waals surface area (Å²) < 4.78 is 24.1. The third kappa shape index (κ3) is 4.82. The van der Waals surface area contributed by atoms with Crippen LogP contribution in [0.5, 0.6) is 5.75 Å². The number of halogens is 1. The maximum atomic E-state index is 13.2. The molecule has 0 spiro atoms. The molecule has 0 aliphatic rings. The van der Waals surface area contributed by atoms with E-state index in [1.54, 1.807) is 19.1 Å². The van der Waals surface area contributed by atoms with Gasteiger partial charge in [-0.1, -0.05) is 19.9 Å². The predicted octanol–water partition coefficient (Wildman–Crippen LogP) is 3.27. The molecule has 0 fully saturated rings. The lowest BCUT2D eigenvalue weighted by Crippen LogP contribution is -2.34. The molecule has 1 atom stereocenters. The Hall–Kier alpha value is -2.83. The van der Waals surface area contributed by atoms with Crippen LogP contribution in [0.2, 0.25) is 0 Å². The lowest BCUT2D eigenvalue weighted by atomic mass is 10.2. The molecule has 1 unspecified atom stereocenters. The van der Waals surface area contributed by atoms with Gasteiger partial charge in [0.25, 0.3) is 5.91 Å². The van der Waals surface area contributed by atoms with Crippen LogP contribution in [0.3, 0.4) is 0 Å². The van der Waals surface area contributed by atoms with E-state index in [2.05, 4.69) is 5.32 Å². The molecular weight excluding hydrogens is 329 g/mol. The number of carboxylic acid groups (broad SMARTS) is 1. The monoisotopic (exact) mass is 349 g/mol. The summed E-state index contributed by atoms with van der Waals surface area (Å²) in [6, 6.07) is 6.97. The van der Waals surface area contributed by atoms with Gasteiger partial charge in [-0.05, 0) is 18.6 Å². The van der Waals surface area contributed by atoms with Crippen LogP contribution in [0.15, 0.2) is 34.7 Å². The Labute approximate surface area is 144 Å². The van der Waals surface area contributed by atoms with Crippen LogP contribution in [-0.2, 0) is 6.42 Å². The van der Waals surface area contributed by atoms with E-state index in [1.807, 2.05) is 6.92 Å². The minimum absolute atomic E-state index is 0.0179. The van der Waals surface area contributed by atoms with Gasteiger partial charge in [0.1, 0.15) is 29.0 Å². The molecule has 7 heteroatoms. The van der Waals surface area contributed by atoms with E-state index in [9.17, 15) is 14.0 Å². The van der Waals surface area contributed by atoms with Gasteiger partial charge in [-0.2, -0.15) is 0 Å². The number of rotatable bonds is 8. The van der Waals surface area contributed by atoms with E-state index in [0.29, 0.717) is 18.6 Å². The van der Waals surface area contributed by atoms with E-state index in [1.165, 1.54) is 18.2 Å². The highest BCUT2D eigenvalue weighted by molar-refractivity contribution is 5.96. The second-order valence-corrected chi connectivity index (χ2v) is 5.42. The normalized spacial score (nSPS) is 11.8. The van der Waals surface area contributed by atoms with Gasteiger partial charge in [0, 0.05) is 18.6 Å². The minimum atomic E-state index is -1.14. The van der Waals surface area contributed by atoms with Crippen molar-refractivity contribution < 1.29 is 28.2 Å². The van der Waals surface area contributed by atoms with Gasteiger partial charge in [-0.15, -0.1) is 0 Å². The fourth-order valence-electron chi connectivity index (χ4n) is 2.28. The number of aryl methyl sites for hydroxylation is 1. The first-order valence-electron chi connectivity index (χ1n) is 8.01. The number of carbonyl (C=O) groups excluding carboxylic acids is 1. The Balaban J connectivity index is 1.99. The van der Waals surface area contributed by atoms with Crippen LogP contribution in [0.4, 0.5) is 4.39 Å². The summed E-state index contributed by atoms with van der Waals surface area (Å²) in [5.74, 6) is -1.50. The lowest BCUT2D eigenvalue weighted by Gasteiger charge is -2.17. The van der Waals surface area contributed by atoms with Crippen molar-refractivity contribution in [2.75, 3.05) is 6.54 Å². The average molecular weight is 349 g/mol. The molecule has 0 saturated carbocycles. The Morgan fingerprint density at radius 1 is 1.32 bits per heavy atom. The first-order chi connectivity index (χ1) is 11.9. The molecule has 0 saturated heterocycles. The Bertz CT molecular complexity index is 756. The average Bonchev–Trinajstić information content (AvgIpc) is 3.03. The van der Waals surface area contributed by atoms with E-state index in [-0.39, 0.29) is 29.7 Å². The van der Waals surface area contributed by atoms with Crippen molar-refractivity contribution in [3.63, 3.8) is 0 Å². The third-order valence-corrected chi connectivity index (χ3v) is 3.63. The molecule has 1 aromatic heterocycles. The summed E-state index contributed by atoms with van der Waals surface area (Å²) in [6.07, 6.45) is 0.607. The van der Waals surface area contributed by atoms with Crippen LogP contribution >= 0.6 is 0 Å². The number of furan rings is 1. The summed E-state index contributed by atoms with van der Waals surface area (Å²) in [6.45, 7) is 3.80. The van der Waals surface area contributed by atoms with Gasteiger partial charge >= 0.3 is 5.97 Å². The molecular formula is C18H20FNO5. The van der Waals surface area contributed by atoms with Crippen LogP contribution < -0.4 is 10.1 Å². The van der Waals surface area contributed by atoms with Crippen molar-refractivity contribution in [1.82, 2.24) is 5.32 Å². The fourth-order valence-corrected chi connectivity index (χ4v) is 2.28. The van der Waals surface area contributed by atoms with Crippen molar-refractivity contribution in [3.8, 4) is 5.75 Å². The summed E-state index contributed by atoms with van der Waals surface area (Å²) in [5.41, 5.74) is -0.0179. The lowest BCUT2D eigenvalue weighted by molar-refractivity contribution is 0.0694. The van der Waals surface area contributed by atoms with Gasteiger partial charge in [-0.25, -0.2) is 9.18 Å². The van der Waals surface area contributed by atoms with Gasteiger partial charge in [0.05, 0.1) is 6.54 Å². The van der Waals surface area contributed by atoms with E-state index in [4.69, 9.17) is 14.3 Å². The topological polar surface area (TPSA) is 88.8 Å². The van der Waals surface area contributed by atoms with Gasteiger partial charge < -0.3 is 19.6 Å². The molecule has 0 bridgehead atoms. The van der Waals surface area contributed by atoms with Crippen LogP contribution in [0.1, 0.15) is 46.9 Å². The Morgan fingerprint density at radius 3 is 2.64 bits per heavy atom. The highest BCUT2D eigenvalue weighted by Gasteiger charge is 2.20. The number of hydrogen-bond acceptors (Lipinski definition) is 4. The predicted molar refractivity (Wildman–Crippen MR) is 88.5 cm³/mol. The van der Waals surface area contributed by atoms with Gasteiger partial charge in [-0.3, -0.25) is 4.79 Å². The van der Waals surface area contributed by atoms with Crippen molar-refractivity contribution in [2.24, 2.45) is 0 Å². The summed E-state index contributed by atoms with van der Waals surface area (Å²) in [7, 11) is 0. The summed E-state index contributed by atoms with van der Waals surface area (Å²) in [5, 5.41) is 11.7. The van der Waals surface area contributed by atoms with E-state index >= 15 is 0 Å². The third-order valence-electron chi connectivity index (χ3n) is 3.63. The molecule has 6 nitrogen and oxygen atoms in total. The molecule has 0 aliphatic carbocycles. The standard InChI is InChI=1S/C18H20FNO5/c1-3-12(24-13-7-5-6-11(19)8-13)10-20-17(21)16-9-14(18(22)23)15(4-2)25-16/h5-9,12H,3-4,10H2,1-2H3,(H,20,21)(H,22,23). The molecule has 134 valence electrons. The van der Waals surface area contributed by atoms with E-state index < -0.39 is 17.7 Å². The van der Waals surface area contributed by atoms with Crippen molar-refractivity contribution in [1.29, 1.82) is 0 Å². The number of hydrogen-bond donors (Lipinski definition) is 2. The highest BCUT2D eigenvalue weighted by Crippen LogP contribution is 2.17. The molecule has 2 rings (SSSR count). The van der Waals surface area contributed by atoms with Gasteiger partial charge in [0.15, 0.2) is 5.76 Å². The molecule has 2 N–H and O–H groups in total. The number of aromatic carboxylic acids is 1. The first kappa shape index (κ1) is 18.5. The molecule has 0 radical (unpaired) electrons. The quantitative estimate of drug-likeness (QED) is 0.763. The maximum Gasteiger partial charge on any atom is 0.339 e. The zero-order chi connectivity index (χ0) is 18.4. The largest absolute Gasteiger partial charge is 0.489 e. The van der Waals surface area contributed by atoms with Crippen LogP contribution in [0, 0.1) is 5.82 Å². The number of amides is 1. The second kappa shape index (κ2) is 8.32. The zero-order valence-electron chi connectivity index (χ0n) is 14.0. The number of carboxylic acids is 1. The molecule has 1 heterocycles. The van der Waals surface area contributed by atoms with Crippen molar-refractivity contribution in [2.45, 2.75) is 32.8 Å². The highest BCUT2D eigenvalue weighted by atomic mass is 19.1. The smallest absolute Gasteiger partial charge is 0.339 e. The maximum absolute atomic E-state index is 13.2. The zero-order valence-corrected chi connectivity index (χ0v) is 14.0. The molecule has 25 heavy (non-hydrogen) atoms. The minimum Gasteiger partial charge on any atom is -0.489 e. The molecule has 0 aliphatic heterocycles. The molecule has 1 aromatic carbocycles. The van der Waals surface area contributed by atoms with Gasteiger partial charge in [0.2, 0.25) is 0 Å². The Kier molecular flexibility index (Phi) is 6.16. The van der Waals surface area contributed by atoms with Crippen LogP contribution in [-0.4, -0.2) is 29.6 Å². The molecule has 2 aromatic rings. The first-order valence-corrected chi connectivity index (χ1v) is 8.01. The number of carbonyl (C=O) groups is 2. The SMILES string of the molecule is CCc1oc(C(=O)NCC(CC)Oc2cccc(F)c2)cc1C(=O)O. The second-order valence-electron chi connectivity index (χ2n) is 5.42. The molecule has 1 amide bonds. The van der Waals surface area contributed by atoms with E-state index in [0.717, 1.165) is 0 Å². The van der Waals surface area contributed by atoms with Crippen LogP contribution in [0.25, 0.3) is 0 Å². The van der Waals surface area contributed by atoms with Crippen molar-refractivity contribution in [3.05, 3.63) is 53.2 Å². The number of benzene rings is 1. The fraction of sp³-hybridized carbons (Fsp3) is 0.333. The van der Waals surface area contributed by atoms with Crippen molar-refractivity contribution >= 4 is 11.9 Å².